The predicted molar refractivity (Wildman–Crippen MR) is 117 cm³/mol. The monoisotopic (exact) mass is 391 g/mol. The summed E-state index contributed by atoms with van der Waals surface area (Å²) in [4.78, 5) is 16.4. The van der Waals surface area contributed by atoms with E-state index in [1.165, 1.54) is 0 Å². The van der Waals surface area contributed by atoms with Gasteiger partial charge in [0.15, 0.2) is 0 Å². The molecule has 152 valence electrons. The summed E-state index contributed by atoms with van der Waals surface area (Å²) >= 11 is 0. The lowest BCUT2D eigenvalue weighted by atomic mass is 10.1. The number of allylic oxidation sites excluding steroid dienone is 1. The van der Waals surface area contributed by atoms with Crippen molar-refractivity contribution in [2.45, 2.75) is 40.2 Å². The van der Waals surface area contributed by atoms with E-state index in [2.05, 4.69) is 41.9 Å². The first-order valence-corrected chi connectivity index (χ1v) is 10.1. The van der Waals surface area contributed by atoms with Crippen molar-refractivity contribution >= 4 is 16.9 Å². The number of carbonyl (C=O) groups excluding carboxylic acids is 1. The molecule has 3 aromatic rings. The molecule has 0 radical (unpaired) electrons. The van der Waals surface area contributed by atoms with E-state index in [0.717, 1.165) is 53.1 Å². The molecule has 0 saturated heterocycles. The molecule has 1 heterocycles. The first-order valence-electron chi connectivity index (χ1n) is 10.1. The second kappa shape index (κ2) is 9.92. The maximum absolute atomic E-state index is 11.6. The van der Waals surface area contributed by atoms with Gasteiger partial charge in [0.25, 0.3) is 0 Å². The van der Waals surface area contributed by atoms with Crippen LogP contribution in [0, 0.1) is 13.8 Å². The standard InChI is InChI=1S/C24H29N3O2/c1-4-9-23(28)25-15-8-14-22-26-20-12-5-6-13-21(20)27(22)16-17-29-24-18(2)10-7-11-19(24)3/h4-7,9-13H,8,14-17H2,1-3H3,(H,25,28)/b9-4-. The summed E-state index contributed by atoms with van der Waals surface area (Å²) in [6.07, 6.45) is 4.92. The number of amides is 1. The van der Waals surface area contributed by atoms with Gasteiger partial charge in [-0.1, -0.05) is 36.4 Å². The number of rotatable bonds is 9. The molecule has 1 aromatic heterocycles. The van der Waals surface area contributed by atoms with Gasteiger partial charge in [-0.2, -0.15) is 0 Å². The zero-order valence-electron chi connectivity index (χ0n) is 17.4. The molecule has 29 heavy (non-hydrogen) atoms. The van der Waals surface area contributed by atoms with Crippen molar-refractivity contribution in [3.8, 4) is 5.75 Å². The van der Waals surface area contributed by atoms with Crippen LogP contribution in [0.1, 0.15) is 30.3 Å². The Labute approximate surface area is 172 Å². The SMILES string of the molecule is C/C=C\C(=O)NCCCc1nc2ccccc2n1CCOc1c(C)cccc1C. The van der Waals surface area contributed by atoms with Crippen LogP contribution in [0.5, 0.6) is 5.75 Å². The number of nitrogens with one attached hydrogen (secondary N) is 1. The summed E-state index contributed by atoms with van der Waals surface area (Å²) in [6, 6.07) is 14.4. The van der Waals surface area contributed by atoms with Crippen LogP contribution >= 0.6 is 0 Å². The number of ether oxygens (including phenoxy) is 1. The normalized spacial score (nSPS) is 11.3. The Morgan fingerprint density at radius 3 is 2.66 bits per heavy atom. The lowest BCUT2D eigenvalue weighted by molar-refractivity contribution is -0.116. The average Bonchev–Trinajstić information content (AvgIpc) is 3.05. The predicted octanol–water partition coefficient (Wildman–Crippen LogP) is 4.36. The molecule has 2 aromatic carbocycles. The third-order valence-corrected chi connectivity index (χ3v) is 4.90. The zero-order chi connectivity index (χ0) is 20.6. The van der Waals surface area contributed by atoms with Gasteiger partial charge in [-0.05, 0) is 56.5 Å². The number of aromatic nitrogens is 2. The quantitative estimate of drug-likeness (QED) is 0.436. The van der Waals surface area contributed by atoms with Crippen molar-refractivity contribution in [1.29, 1.82) is 0 Å². The van der Waals surface area contributed by atoms with Gasteiger partial charge in [0.05, 0.1) is 17.6 Å². The average molecular weight is 392 g/mol. The number of fused-ring (bicyclic) bond motifs is 1. The maximum Gasteiger partial charge on any atom is 0.243 e. The number of aryl methyl sites for hydroxylation is 3. The minimum absolute atomic E-state index is 0.0528. The Morgan fingerprint density at radius 1 is 1.14 bits per heavy atom. The van der Waals surface area contributed by atoms with E-state index >= 15 is 0 Å². The Hall–Kier alpha value is -3.08. The minimum Gasteiger partial charge on any atom is -0.491 e. The molecule has 0 saturated carbocycles. The van der Waals surface area contributed by atoms with Gasteiger partial charge in [-0.25, -0.2) is 4.98 Å². The summed E-state index contributed by atoms with van der Waals surface area (Å²) < 4.78 is 8.35. The fourth-order valence-corrected chi connectivity index (χ4v) is 3.50. The van der Waals surface area contributed by atoms with E-state index in [1.54, 1.807) is 12.2 Å². The number of para-hydroxylation sites is 3. The highest BCUT2D eigenvalue weighted by Crippen LogP contribution is 2.23. The molecular formula is C24H29N3O2. The second-order valence-electron chi connectivity index (χ2n) is 7.13. The van der Waals surface area contributed by atoms with Crippen molar-refractivity contribution in [3.05, 3.63) is 71.6 Å². The topological polar surface area (TPSA) is 56.2 Å². The maximum atomic E-state index is 11.6. The van der Waals surface area contributed by atoms with Gasteiger partial charge < -0.3 is 14.6 Å². The molecule has 0 aliphatic carbocycles. The van der Waals surface area contributed by atoms with Gasteiger partial charge in [0.2, 0.25) is 5.91 Å². The fourth-order valence-electron chi connectivity index (χ4n) is 3.50. The van der Waals surface area contributed by atoms with Crippen LogP contribution in [0.25, 0.3) is 11.0 Å². The highest BCUT2D eigenvalue weighted by Gasteiger charge is 2.11. The molecule has 0 fully saturated rings. The molecule has 0 bridgehead atoms. The Morgan fingerprint density at radius 2 is 1.90 bits per heavy atom. The van der Waals surface area contributed by atoms with Crippen LogP contribution in [0.15, 0.2) is 54.6 Å². The van der Waals surface area contributed by atoms with Crippen LogP contribution in [-0.2, 0) is 17.8 Å². The molecule has 0 aliphatic rings. The van der Waals surface area contributed by atoms with Crippen LogP contribution in [0.2, 0.25) is 0 Å². The van der Waals surface area contributed by atoms with Gasteiger partial charge in [-0.15, -0.1) is 0 Å². The highest BCUT2D eigenvalue weighted by molar-refractivity contribution is 5.87. The highest BCUT2D eigenvalue weighted by atomic mass is 16.5. The van der Waals surface area contributed by atoms with Gasteiger partial charge in [-0.3, -0.25) is 4.79 Å². The fraction of sp³-hybridized carbons (Fsp3) is 0.333. The molecule has 0 unspecified atom stereocenters. The number of hydrogen-bond acceptors (Lipinski definition) is 3. The Bertz CT molecular complexity index is 984. The number of carbonyl (C=O) groups is 1. The molecule has 1 amide bonds. The third kappa shape index (κ3) is 5.25. The summed E-state index contributed by atoms with van der Waals surface area (Å²) in [5.41, 5.74) is 4.41. The Kier molecular flexibility index (Phi) is 7.06. The molecule has 0 spiro atoms. The van der Waals surface area contributed by atoms with Crippen LogP contribution in [-0.4, -0.2) is 28.6 Å². The second-order valence-corrected chi connectivity index (χ2v) is 7.13. The Balaban J connectivity index is 1.67. The smallest absolute Gasteiger partial charge is 0.243 e. The first kappa shape index (κ1) is 20.6. The van der Waals surface area contributed by atoms with Crippen LogP contribution in [0.4, 0.5) is 0 Å². The number of nitrogens with zero attached hydrogens (tertiary/aromatic N) is 2. The lowest BCUT2D eigenvalue weighted by Crippen LogP contribution is -2.23. The van der Waals surface area contributed by atoms with E-state index in [0.29, 0.717) is 13.2 Å². The largest absolute Gasteiger partial charge is 0.491 e. The van der Waals surface area contributed by atoms with Crippen LogP contribution in [0.3, 0.4) is 0 Å². The van der Waals surface area contributed by atoms with E-state index in [4.69, 9.17) is 9.72 Å². The molecule has 5 heteroatoms. The van der Waals surface area contributed by atoms with Gasteiger partial charge in [0.1, 0.15) is 18.2 Å². The molecule has 0 atom stereocenters. The van der Waals surface area contributed by atoms with Crippen molar-refractivity contribution in [2.24, 2.45) is 0 Å². The number of benzene rings is 2. The molecule has 0 aliphatic heterocycles. The van der Waals surface area contributed by atoms with Gasteiger partial charge >= 0.3 is 0 Å². The number of imidazole rings is 1. The molecule has 5 nitrogen and oxygen atoms in total. The molecule has 3 rings (SSSR count). The summed E-state index contributed by atoms with van der Waals surface area (Å²) in [5.74, 6) is 1.93. The minimum atomic E-state index is -0.0528. The summed E-state index contributed by atoms with van der Waals surface area (Å²) in [7, 11) is 0. The van der Waals surface area contributed by atoms with E-state index in [-0.39, 0.29) is 5.91 Å². The zero-order valence-corrected chi connectivity index (χ0v) is 17.4. The van der Waals surface area contributed by atoms with E-state index < -0.39 is 0 Å². The van der Waals surface area contributed by atoms with Crippen molar-refractivity contribution in [2.75, 3.05) is 13.2 Å². The van der Waals surface area contributed by atoms with Crippen LogP contribution < -0.4 is 10.1 Å². The summed E-state index contributed by atoms with van der Waals surface area (Å²) in [5, 5.41) is 2.90. The first-order chi connectivity index (χ1) is 14.1. The van der Waals surface area contributed by atoms with E-state index in [1.807, 2.05) is 31.2 Å². The lowest BCUT2D eigenvalue weighted by Gasteiger charge is -2.14. The number of hydrogen-bond donors (Lipinski definition) is 1. The van der Waals surface area contributed by atoms with Crippen molar-refractivity contribution in [1.82, 2.24) is 14.9 Å². The van der Waals surface area contributed by atoms with Gasteiger partial charge in [0, 0.05) is 13.0 Å². The van der Waals surface area contributed by atoms with Crippen molar-refractivity contribution in [3.63, 3.8) is 0 Å². The molecule has 1 N–H and O–H groups in total. The third-order valence-electron chi connectivity index (χ3n) is 4.90. The molecular weight excluding hydrogens is 362 g/mol. The van der Waals surface area contributed by atoms with Crippen molar-refractivity contribution < 1.29 is 9.53 Å². The van der Waals surface area contributed by atoms with E-state index in [9.17, 15) is 4.79 Å². The summed E-state index contributed by atoms with van der Waals surface area (Å²) in [6.45, 7) is 7.92.